The van der Waals surface area contributed by atoms with Gasteiger partial charge in [-0.25, -0.2) is 4.39 Å². The molecule has 0 aliphatic heterocycles. The van der Waals surface area contributed by atoms with Gasteiger partial charge < -0.3 is 15.2 Å². The van der Waals surface area contributed by atoms with Crippen molar-refractivity contribution >= 4 is 5.91 Å². The molecule has 5 heteroatoms. The summed E-state index contributed by atoms with van der Waals surface area (Å²) in [6.45, 7) is 1.84. The van der Waals surface area contributed by atoms with Crippen LogP contribution >= 0.6 is 0 Å². The lowest BCUT2D eigenvalue weighted by Gasteiger charge is -2.09. The number of hydrogen-bond acceptors (Lipinski definition) is 3. The zero-order valence-corrected chi connectivity index (χ0v) is 10.6. The Morgan fingerprint density at radius 3 is 2.83 bits per heavy atom. The summed E-state index contributed by atoms with van der Waals surface area (Å²) in [6.07, 6.45) is 0.169. The fourth-order valence-electron chi connectivity index (χ4n) is 1.43. The average molecular weight is 255 g/mol. The van der Waals surface area contributed by atoms with Gasteiger partial charge in [0.15, 0.2) is 11.6 Å². The Hall–Kier alpha value is -1.62. The van der Waals surface area contributed by atoms with Crippen molar-refractivity contribution in [2.24, 2.45) is 0 Å². The summed E-state index contributed by atoms with van der Waals surface area (Å²) >= 11 is 0. The molecule has 1 amide bonds. The SMILES string of the molecule is CNC(=O)CCCOc1ccc([C@@H](C)O)cc1F. The number of carbonyl (C=O) groups is 1. The van der Waals surface area contributed by atoms with Crippen molar-refractivity contribution in [3.8, 4) is 5.75 Å². The van der Waals surface area contributed by atoms with Gasteiger partial charge in [-0.05, 0) is 31.0 Å². The van der Waals surface area contributed by atoms with Crippen molar-refractivity contribution in [3.63, 3.8) is 0 Å². The number of carbonyl (C=O) groups excluding carboxylic acids is 1. The molecule has 0 radical (unpaired) electrons. The van der Waals surface area contributed by atoms with Crippen LogP contribution in [0.5, 0.6) is 5.75 Å². The number of hydrogen-bond donors (Lipinski definition) is 2. The minimum Gasteiger partial charge on any atom is -0.491 e. The van der Waals surface area contributed by atoms with Crippen LogP contribution < -0.4 is 10.1 Å². The first-order chi connectivity index (χ1) is 8.54. The van der Waals surface area contributed by atoms with Crippen LogP contribution in [-0.4, -0.2) is 24.7 Å². The average Bonchev–Trinajstić information content (AvgIpc) is 2.35. The van der Waals surface area contributed by atoms with E-state index in [1.807, 2.05) is 0 Å². The van der Waals surface area contributed by atoms with Crippen molar-refractivity contribution in [3.05, 3.63) is 29.6 Å². The number of ether oxygens (including phenoxy) is 1. The first-order valence-electron chi connectivity index (χ1n) is 5.85. The molecule has 0 saturated carbocycles. The summed E-state index contributed by atoms with van der Waals surface area (Å²) < 4.78 is 18.8. The van der Waals surface area contributed by atoms with Gasteiger partial charge in [0.05, 0.1) is 12.7 Å². The smallest absolute Gasteiger partial charge is 0.219 e. The molecule has 4 nitrogen and oxygen atoms in total. The zero-order chi connectivity index (χ0) is 13.5. The highest BCUT2D eigenvalue weighted by Gasteiger charge is 2.08. The maximum Gasteiger partial charge on any atom is 0.219 e. The lowest BCUT2D eigenvalue weighted by molar-refractivity contribution is -0.120. The summed E-state index contributed by atoms with van der Waals surface area (Å²) in [7, 11) is 1.57. The quantitative estimate of drug-likeness (QED) is 0.762. The normalized spacial score (nSPS) is 12.0. The van der Waals surface area contributed by atoms with Crippen molar-refractivity contribution in [1.29, 1.82) is 0 Å². The molecule has 0 heterocycles. The van der Waals surface area contributed by atoms with Crippen LogP contribution in [0.2, 0.25) is 0 Å². The fourth-order valence-corrected chi connectivity index (χ4v) is 1.43. The van der Waals surface area contributed by atoms with Crippen LogP contribution in [0.1, 0.15) is 31.4 Å². The number of amides is 1. The highest BCUT2D eigenvalue weighted by molar-refractivity contribution is 5.75. The number of rotatable bonds is 6. The second-order valence-corrected chi connectivity index (χ2v) is 3.99. The first kappa shape index (κ1) is 14.4. The van der Waals surface area contributed by atoms with Gasteiger partial charge >= 0.3 is 0 Å². The third kappa shape index (κ3) is 4.33. The highest BCUT2D eigenvalue weighted by Crippen LogP contribution is 2.22. The van der Waals surface area contributed by atoms with Gasteiger partial charge in [0.2, 0.25) is 5.91 Å². The fraction of sp³-hybridized carbons (Fsp3) is 0.462. The molecular weight excluding hydrogens is 237 g/mol. The monoisotopic (exact) mass is 255 g/mol. The second-order valence-electron chi connectivity index (χ2n) is 3.99. The predicted molar refractivity (Wildman–Crippen MR) is 65.8 cm³/mol. The van der Waals surface area contributed by atoms with Crippen molar-refractivity contribution in [1.82, 2.24) is 5.32 Å². The van der Waals surface area contributed by atoms with E-state index in [9.17, 15) is 14.3 Å². The Bertz CT molecular complexity index is 407. The Balaban J connectivity index is 2.45. The van der Waals surface area contributed by atoms with Crippen molar-refractivity contribution in [2.75, 3.05) is 13.7 Å². The minimum atomic E-state index is -0.707. The van der Waals surface area contributed by atoms with E-state index in [-0.39, 0.29) is 18.3 Å². The molecule has 100 valence electrons. The molecule has 0 aromatic heterocycles. The third-order valence-corrected chi connectivity index (χ3v) is 2.52. The molecule has 18 heavy (non-hydrogen) atoms. The van der Waals surface area contributed by atoms with Crippen LogP contribution in [-0.2, 0) is 4.79 Å². The summed E-state index contributed by atoms with van der Waals surface area (Å²) in [6, 6.07) is 4.35. The Morgan fingerprint density at radius 2 is 2.28 bits per heavy atom. The minimum absolute atomic E-state index is 0.0662. The highest BCUT2D eigenvalue weighted by atomic mass is 19.1. The molecule has 0 spiro atoms. The van der Waals surface area contributed by atoms with Gasteiger partial charge in [0, 0.05) is 13.5 Å². The molecule has 0 aliphatic carbocycles. The summed E-state index contributed by atoms with van der Waals surface area (Å²) in [4.78, 5) is 10.9. The maximum absolute atomic E-state index is 13.5. The summed E-state index contributed by atoms with van der Waals surface area (Å²) in [5.41, 5.74) is 0.505. The van der Waals surface area contributed by atoms with Gasteiger partial charge in [-0.15, -0.1) is 0 Å². The van der Waals surface area contributed by atoms with Gasteiger partial charge in [-0.3, -0.25) is 4.79 Å². The van der Waals surface area contributed by atoms with Crippen LogP contribution in [0.4, 0.5) is 4.39 Å². The van der Waals surface area contributed by atoms with Gasteiger partial charge in [-0.2, -0.15) is 0 Å². The lowest BCUT2D eigenvalue weighted by Crippen LogP contribution is -2.18. The molecule has 1 aromatic carbocycles. The molecule has 0 unspecified atom stereocenters. The van der Waals surface area contributed by atoms with E-state index in [0.717, 1.165) is 0 Å². The first-order valence-corrected chi connectivity index (χ1v) is 5.85. The molecule has 0 bridgehead atoms. The van der Waals surface area contributed by atoms with Gasteiger partial charge in [-0.1, -0.05) is 6.07 Å². The lowest BCUT2D eigenvalue weighted by atomic mass is 10.1. The Morgan fingerprint density at radius 1 is 1.56 bits per heavy atom. The van der Waals surface area contributed by atoms with Crippen LogP contribution in [0.25, 0.3) is 0 Å². The van der Waals surface area contributed by atoms with E-state index in [1.165, 1.54) is 12.1 Å². The van der Waals surface area contributed by atoms with Crippen LogP contribution in [0.15, 0.2) is 18.2 Å². The molecule has 0 aliphatic rings. The van der Waals surface area contributed by atoms with E-state index in [0.29, 0.717) is 18.4 Å². The number of benzene rings is 1. The van der Waals surface area contributed by atoms with E-state index in [2.05, 4.69) is 5.32 Å². The second kappa shape index (κ2) is 6.96. The third-order valence-electron chi connectivity index (χ3n) is 2.52. The van der Waals surface area contributed by atoms with Crippen molar-refractivity contribution < 1.29 is 19.0 Å². The molecule has 1 aromatic rings. The Kier molecular flexibility index (Phi) is 5.58. The van der Waals surface area contributed by atoms with Crippen molar-refractivity contribution in [2.45, 2.75) is 25.9 Å². The van der Waals surface area contributed by atoms with E-state index in [4.69, 9.17) is 4.74 Å². The van der Waals surface area contributed by atoms with E-state index >= 15 is 0 Å². The van der Waals surface area contributed by atoms with E-state index in [1.54, 1.807) is 20.0 Å². The largest absolute Gasteiger partial charge is 0.491 e. The van der Waals surface area contributed by atoms with Gasteiger partial charge in [0.25, 0.3) is 0 Å². The molecule has 1 atom stereocenters. The summed E-state index contributed by atoms with van der Waals surface area (Å²) in [5, 5.41) is 11.8. The topological polar surface area (TPSA) is 58.6 Å². The van der Waals surface area contributed by atoms with Crippen LogP contribution in [0.3, 0.4) is 0 Å². The number of aliphatic hydroxyl groups is 1. The van der Waals surface area contributed by atoms with E-state index < -0.39 is 11.9 Å². The number of nitrogens with one attached hydrogen (secondary N) is 1. The zero-order valence-electron chi connectivity index (χ0n) is 10.6. The molecular formula is C13H18FNO3. The van der Waals surface area contributed by atoms with Crippen LogP contribution in [0, 0.1) is 5.82 Å². The summed E-state index contributed by atoms with van der Waals surface area (Å²) in [5.74, 6) is -0.437. The number of aliphatic hydroxyl groups excluding tert-OH is 1. The molecule has 2 N–H and O–H groups in total. The molecule has 1 rings (SSSR count). The maximum atomic E-state index is 13.5. The van der Waals surface area contributed by atoms with Gasteiger partial charge in [0.1, 0.15) is 0 Å². The number of halogens is 1. The standard InChI is InChI=1S/C13H18FNO3/c1-9(16)10-5-6-12(11(14)8-10)18-7-3-4-13(17)15-2/h5-6,8-9,16H,3-4,7H2,1-2H3,(H,15,17)/t9-/m1/s1. The molecule has 0 fully saturated rings. The Labute approximate surface area is 106 Å². The molecule has 0 saturated heterocycles. The predicted octanol–water partition coefficient (Wildman–Crippen LogP) is 1.78.